The van der Waals surface area contributed by atoms with E-state index in [0.717, 1.165) is 43.4 Å². The Labute approximate surface area is 865 Å². The van der Waals surface area contributed by atoms with Crippen molar-refractivity contribution in [3.05, 3.63) is 130 Å². The van der Waals surface area contributed by atoms with Crippen molar-refractivity contribution in [2.24, 2.45) is 29.6 Å². The summed E-state index contributed by atoms with van der Waals surface area (Å²) in [5.74, 6) is -2.72. The van der Waals surface area contributed by atoms with Gasteiger partial charge in [-0.15, -0.1) is 19.0 Å². The Morgan fingerprint density at radius 3 is 1.13 bits per heavy atom. The number of carboxylic acids is 3. The van der Waals surface area contributed by atoms with Crippen molar-refractivity contribution in [1.82, 2.24) is 69.2 Å². The van der Waals surface area contributed by atoms with Gasteiger partial charge in [-0.05, 0) is 172 Å². The number of esters is 3. The largest absolute Gasteiger partial charge is 1.00 e. The predicted molar refractivity (Wildman–Crippen MR) is 451 cm³/mol. The van der Waals surface area contributed by atoms with E-state index in [0.29, 0.717) is 101 Å². The first kappa shape index (κ1) is 108. The van der Waals surface area contributed by atoms with E-state index >= 15 is 0 Å². The Morgan fingerprint density at radius 2 is 0.827 bits per heavy atom. The van der Waals surface area contributed by atoms with E-state index < -0.39 is 71.4 Å². The third-order valence-electron chi connectivity index (χ3n) is 21.0. The van der Waals surface area contributed by atoms with Crippen LogP contribution in [0.3, 0.4) is 0 Å². The van der Waals surface area contributed by atoms with Gasteiger partial charge in [-0.25, -0.2) is 63.0 Å². The number of allylic oxidation sites excluding steroid dienone is 1. The van der Waals surface area contributed by atoms with Crippen molar-refractivity contribution < 1.29 is 258 Å². The molecule has 38 nitrogen and oxygen atoms in total. The molecule has 5 aliphatic carbocycles. The SMILES string of the molecule is C=CCBr.C=CCOC(=O)[C@@H]1C[C@H]2C[C@H]2N1.C=CCOC(=O)[C@@H]1C[C@H]2C[C@H]2N1C(=O)Cn1nc(C(C)=O)c2cccnc21.C=CCOC(=O)[C@@H]1C[C@H]2C[C@H]2N1C(=O)OC(C)(C)C.CC(=O)c1nn(CC(=O)N2[C@@H]3C[C@@H]3C[C@H]2C(=O)O)c2ncccc12.CC(=O)c1nn(CC(=O)O)c2ncccc12.CC(C)(C)OC(=O)N1[C@@H]2C[C@@H]2C[C@H]1C(=O)O.Cl.[2H]OOC=O.[CH2-]F.[Cs+].[Cs+]. The van der Waals surface area contributed by atoms with Crippen LogP contribution in [0.1, 0.15) is 158 Å². The number of nitrogens with one attached hydrogen (secondary N) is 1. The molecule has 0 radical (unpaired) electrons. The number of carbonyl (C=O) groups is 14. The van der Waals surface area contributed by atoms with Crippen molar-refractivity contribution in [3.8, 4) is 0 Å². The van der Waals surface area contributed by atoms with Crippen LogP contribution in [0.5, 0.6) is 0 Å². The Bertz CT molecular complexity index is 5020. The van der Waals surface area contributed by atoms with Gasteiger partial charge >= 0.3 is 192 Å². The van der Waals surface area contributed by atoms with Gasteiger partial charge in [0.05, 0.1) is 16.2 Å². The molecule has 6 aromatic rings. The van der Waals surface area contributed by atoms with E-state index in [-0.39, 0.29) is 272 Å². The molecular weight excluding hydrogens is 1990 g/mol. The minimum atomic E-state index is -1.02. The van der Waals surface area contributed by atoms with Crippen LogP contribution in [-0.2, 0) is 91.4 Å². The van der Waals surface area contributed by atoms with Gasteiger partial charge in [0.25, 0.3) is 1.43 Å². The summed E-state index contributed by atoms with van der Waals surface area (Å²) >= 11 is 3.13. The number of alkyl halides is 1. The molecule has 15 atom stereocenters. The number of piperidine rings is 5. The third-order valence-corrected chi connectivity index (χ3v) is 21.5. The van der Waals surface area contributed by atoms with E-state index in [4.69, 9.17) is 40.1 Å². The molecule has 0 unspecified atom stereocenters. The molecule has 16 rings (SSSR count). The number of hydrogen-bond acceptors (Lipinski definition) is 28. The first-order valence-corrected chi connectivity index (χ1v) is 41.0. The number of pyridine rings is 3. The smallest absolute Gasteiger partial charge is 0.480 e. The maximum Gasteiger partial charge on any atom is 1.00 e. The summed E-state index contributed by atoms with van der Waals surface area (Å²) in [4.78, 5) is 184. The van der Waals surface area contributed by atoms with Crippen LogP contribution in [0.4, 0.5) is 14.0 Å². The number of amides is 4. The topological polar surface area (TPSA) is 492 Å². The van der Waals surface area contributed by atoms with Crippen molar-refractivity contribution in [1.29, 1.82) is 1.43 Å². The van der Waals surface area contributed by atoms with Gasteiger partial charge in [0.15, 0.2) is 34.3 Å². The van der Waals surface area contributed by atoms with Crippen molar-refractivity contribution in [3.63, 3.8) is 0 Å². The molecule has 4 amide bonds. The van der Waals surface area contributed by atoms with Crippen LogP contribution in [0.15, 0.2) is 106 Å². The van der Waals surface area contributed by atoms with E-state index in [1.165, 1.54) is 69.4 Å². The molecule has 6 aromatic heterocycles. The molecule has 5 saturated carbocycles. The average Bonchev–Trinajstić information content (AvgIpc) is 1.60. The number of halogens is 3. The monoisotopic (exact) mass is 2090 g/mol. The summed E-state index contributed by atoms with van der Waals surface area (Å²) in [5.41, 5.74) is 1.03. The number of carboxylic acid groups (broad SMARTS) is 3. The number of aromatic nitrogens is 9. The summed E-state index contributed by atoms with van der Waals surface area (Å²) in [7, 11) is 1.75. The number of rotatable bonds is 23. The fraction of sp³-hybridized carbons (Fsp3) is 0.512. The van der Waals surface area contributed by atoms with Gasteiger partial charge in [-0.2, -0.15) is 22.5 Å². The molecule has 5 N–H and O–H groups in total. The van der Waals surface area contributed by atoms with Crippen LogP contribution in [0, 0.1) is 36.8 Å². The normalized spacial score (nSPS) is 23.3. The zero-order valence-corrected chi connectivity index (χ0v) is 87.7. The van der Waals surface area contributed by atoms with Crippen LogP contribution >= 0.6 is 28.3 Å². The van der Waals surface area contributed by atoms with Gasteiger partial charge in [0.2, 0.25) is 11.8 Å². The van der Waals surface area contributed by atoms with E-state index in [2.05, 4.69) is 88.0 Å². The van der Waals surface area contributed by atoms with E-state index in [1.807, 2.05) is 20.8 Å². The number of carbonyl (C=O) groups excluding carboxylic acids is 11. The maximum atomic E-state index is 13.0. The molecule has 0 spiro atoms. The third kappa shape index (κ3) is 29.9. The van der Waals surface area contributed by atoms with Gasteiger partial charge < -0.3 is 63.4 Å². The maximum absolute atomic E-state index is 13.0. The first-order chi connectivity index (χ1) is 59.3. The number of ether oxygens (including phenoxy) is 5. The standard InChI is InChI=1S/C19H20N4O4.C16H16N4O4.C14H21NO4.C11H17NO4.C10H9N3O3.C9H13NO2.C3H5Br.CH2F.CH2O3.ClH.2Cs/c1-3-7-27-19(26)15-9-12-8-14(12)23(15)16(25)10-22-18-13(5-4-6-20-18)17(21-22)11(2)24;1-8(21)14-10-3-2-4-17-15(10)19(18-14)7-13(22)20-11-5-9(11)6-12(20)16(23)24;1-5-6-18-12(16)11-8-9-7-10(9)15(11)13(17)19-14(2,3)4;1-11(2,3)16-10(15)12-7-4-6(7)5-8(12)9(13)14;1-6(14)9-7-3-2-4-11-10(7)13(12-9)5-8(15)16;1-2-3-12-9(11)8-5-6-4-7(6)10-8;1-2-3-4;1-2;2-1-4-3;;;/h3-6,12,14-15H,1,7-10H2,2H3;2-4,9,11-12H,5-7H2,1H3,(H,23,24);5,9-11H,1,6-8H2,2-4H3;6-8H,4-5H2,1-3H3,(H,13,14);2-4H,5H2,1H3,(H,15,16);2,6-8,10H,1,3-5H2;2H,1,3H2;1H2;1,3H;1H;;/q;;;;;;;-1;;;2*+1/t12-,14-,15+;9-,11-,12+;9-,10-,11+;6-,7-,8+;;6-,7-,8+;;;;;;/m1111.1....../s1/i/hD. The number of nitrogens with zero attached hydrogens (tertiary/aromatic N) is 13. The predicted octanol–water partition coefficient (Wildman–Crippen LogP) is 3.20. The number of likely N-dealkylation sites (tertiary alicyclic amines) is 4. The van der Waals surface area contributed by atoms with Gasteiger partial charge in [-0.1, -0.05) is 60.0 Å². The zero-order chi connectivity index (χ0) is 92.2. The Hall–Kier alpha value is -7.68. The van der Waals surface area contributed by atoms with Gasteiger partial charge in [-0.3, -0.25) is 48.2 Å². The summed E-state index contributed by atoms with van der Waals surface area (Å²) in [6.45, 7) is 29.1. The van der Waals surface area contributed by atoms with Crippen LogP contribution in [0.25, 0.3) is 34.5 Å². The number of ketones is 3. The van der Waals surface area contributed by atoms with Crippen molar-refractivity contribution in [2.75, 3.05) is 25.2 Å². The van der Waals surface area contributed by atoms with Crippen molar-refractivity contribution >= 4 is 145 Å². The molecule has 0 aromatic carbocycles. The number of aliphatic carboxylic acids is 3. The molecule has 10 aliphatic rings. The molecular formula is C84H106BrClCs2FN14O24+. The number of hydrogen-bond donors (Lipinski definition) is 5. The minimum Gasteiger partial charge on any atom is -0.480 e. The summed E-state index contributed by atoms with van der Waals surface area (Å²) in [6, 6.07) is 8.69. The fourth-order valence-electron chi connectivity index (χ4n) is 15.5. The molecule has 11 heterocycles. The van der Waals surface area contributed by atoms with Crippen LogP contribution < -0.4 is 143 Å². The van der Waals surface area contributed by atoms with E-state index in [1.54, 1.807) is 98.7 Å². The second kappa shape index (κ2) is 50.1. The first-order valence-electron chi connectivity index (χ1n) is 40.3. The van der Waals surface area contributed by atoms with Crippen LogP contribution in [0.2, 0.25) is 0 Å². The zero-order valence-electron chi connectivity index (χ0n) is 73.7. The van der Waals surface area contributed by atoms with E-state index in [9.17, 15) is 71.8 Å². The molecule has 0 bridgehead atoms. The molecule has 10 fully saturated rings. The number of fused-ring (bicyclic) bond motifs is 8. The molecule has 678 valence electrons. The Kier molecular flexibility index (Phi) is 42.6. The Balaban J connectivity index is 0.000000268. The van der Waals surface area contributed by atoms with Crippen LogP contribution in [-0.4, -0.2) is 265 Å². The van der Waals surface area contributed by atoms with Gasteiger partial charge in [0.1, 0.15) is 97.9 Å². The molecule has 5 aliphatic heterocycles. The Morgan fingerprint density at radius 1 is 0.504 bits per heavy atom. The molecule has 43 heteroatoms. The van der Waals surface area contributed by atoms with Gasteiger partial charge in [0, 0.05) is 74.9 Å². The number of Topliss-reactive ketones (excluding diaryl/α,β-unsaturated/α-hetero) is 3. The summed E-state index contributed by atoms with van der Waals surface area (Å²) < 4.78 is 44.7. The second-order valence-electron chi connectivity index (χ2n) is 32.5. The summed E-state index contributed by atoms with van der Waals surface area (Å²) in [6.07, 6.45) is 18.4. The summed E-state index contributed by atoms with van der Waals surface area (Å²) in [5, 5.41) is 48.5. The average molecular weight is 2100 g/mol. The minimum absolute atomic E-state index is 0. The second-order valence-corrected chi connectivity index (χ2v) is 33.1. The molecule has 127 heavy (non-hydrogen) atoms. The van der Waals surface area contributed by atoms with Crippen molar-refractivity contribution in [2.45, 2.75) is 218 Å². The quantitative estimate of drug-likeness (QED) is 0.00707. The fourth-order valence-corrected chi connectivity index (χ4v) is 15.5. The molecule has 5 saturated heterocycles.